The number of carbonyl (C=O) groups is 2. The molecule has 0 aromatic heterocycles. The molecule has 0 bridgehead atoms. The summed E-state index contributed by atoms with van der Waals surface area (Å²) < 4.78 is 5.58. The number of ketones is 1. The number of hydrogen-bond donors (Lipinski definition) is 1. The van der Waals surface area contributed by atoms with Crippen LogP contribution >= 0.6 is 0 Å². The Kier molecular flexibility index (Phi) is 6.25. The van der Waals surface area contributed by atoms with Gasteiger partial charge in [-0.3, -0.25) is 14.6 Å². The Hall–Kier alpha value is -2.43. The lowest BCUT2D eigenvalue weighted by atomic mass is 9.67. The van der Waals surface area contributed by atoms with Gasteiger partial charge in [0.2, 0.25) is 0 Å². The van der Waals surface area contributed by atoms with Crippen LogP contribution in [0.15, 0.2) is 40.5 Å². The Balaban J connectivity index is 2.01. The zero-order chi connectivity index (χ0) is 21.2. The van der Waals surface area contributed by atoms with Crippen molar-refractivity contribution >= 4 is 17.5 Å². The minimum absolute atomic E-state index is 0.0503. The van der Waals surface area contributed by atoms with E-state index in [-0.39, 0.29) is 22.9 Å². The van der Waals surface area contributed by atoms with Crippen molar-refractivity contribution in [3.05, 3.63) is 41.1 Å². The minimum atomic E-state index is -0.620. The lowest BCUT2D eigenvalue weighted by Crippen LogP contribution is -2.39. The van der Waals surface area contributed by atoms with Crippen LogP contribution in [0.2, 0.25) is 0 Å². The number of rotatable bonds is 6. The number of allylic oxidation sites excluding steroid dienone is 2. The Morgan fingerprint density at radius 1 is 1.21 bits per heavy atom. The Morgan fingerprint density at radius 2 is 1.90 bits per heavy atom. The number of unbranched alkanes of at least 4 members (excludes halogenated alkanes) is 2. The second kappa shape index (κ2) is 8.52. The lowest BCUT2D eigenvalue weighted by molar-refractivity contribution is -0.146. The van der Waals surface area contributed by atoms with Crippen molar-refractivity contribution < 1.29 is 19.4 Å². The number of aromatic hydroxyl groups is 1. The van der Waals surface area contributed by atoms with Gasteiger partial charge in [0, 0.05) is 29.3 Å². The van der Waals surface area contributed by atoms with E-state index in [9.17, 15) is 14.7 Å². The molecule has 1 heterocycles. The summed E-state index contributed by atoms with van der Waals surface area (Å²) in [5.41, 5.74) is 2.79. The number of Topliss-reactive ketones (excluding diaryl/α,β-unsaturated/α-hetero) is 1. The molecule has 1 unspecified atom stereocenters. The number of phenolic OH excluding ortho intramolecular Hbond substituents is 1. The minimum Gasteiger partial charge on any atom is -0.508 e. The summed E-state index contributed by atoms with van der Waals surface area (Å²) in [5.74, 6) is -1.17. The lowest BCUT2D eigenvalue weighted by Gasteiger charge is -2.39. The third-order valence-electron chi connectivity index (χ3n) is 5.80. The monoisotopic (exact) mass is 397 g/mol. The standard InChI is InChI=1S/C24H31NO4/c1-5-6-7-12-29-23(28)20-15(2)25-18-13-24(3,4)14-19(27)22(18)21(20)16-8-10-17(26)11-9-16/h8-11,20-21,26H,5-7,12-14H2,1-4H3/t20?,21-/m1/s1. The first kappa shape index (κ1) is 21.3. The number of benzene rings is 1. The highest BCUT2D eigenvalue weighted by atomic mass is 16.5. The van der Waals surface area contributed by atoms with Gasteiger partial charge in [0.15, 0.2) is 5.78 Å². The second-order valence-corrected chi connectivity index (χ2v) is 8.98. The van der Waals surface area contributed by atoms with Crippen molar-refractivity contribution in [1.82, 2.24) is 0 Å². The van der Waals surface area contributed by atoms with E-state index in [1.807, 2.05) is 6.92 Å². The van der Waals surface area contributed by atoms with Crippen molar-refractivity contribution in [2.45, 2.75) is 65.7 Å². The van der Waals surface area contributed by atoms with E-state index in [2.05, 4.69) is 20.8 Å². The maximum absolute atomic E-state index is 13.1. The second-order valence-electron chi connectivity index (χ2n) is 8.98. The van der Waals surface area contributed by atoms with Gasteiger partial charge < -0.3 is 9.84 Å². The van der Waals surface area contributed by atoms with Crippen LogP contribution in [0.1, 0.15) is 71.3 Å². The molecule has 156 valence electrons. The van der Waals surface area contributed by atoms with Crippen LogP contribution in [0.25, 0.3) is 0 Å². The van der Waals surface area contributed by atoms with E-state index >= 15 is 0 Å². The number of ether oxygens (including phenoxy) is 1. The maximum atomic E-state index is 13.1. The number of nitrogens with zero attached hydrogens (tertiary/aromatic N) is 1. The molecule has 2 atom stereocenters. The number of esters is 1. The SMILES string of the molecule is CCCCCOC(=O)C1C(C)=NC2=C(C(=O)CC(C)(C)C2)[C@@H]1c1ccc(O)cc1. The molecule has 29 heavy (non-hydrogen) atoms. The molecule has 0 saturated carbocycles. The van der Waals surface area contributed by atoms with Crippen LogP contribution in [-0.4, -0.2) is 29.2 Å². The van der Waals surface area contributed by atoms with Crippen LogP contribution in [0, 0.1) is 11.3 Å². The smallest absolute Gasteiger partial charge is 0.315 e. The molecule has 5 nitrogen and oxygen atoms in total. The van der Waals surface area contributed by atoms with Crippen LogP contribution in [0.3, 0.4) is 0 Å². The molecule has 0 amide bonds. The number of hydrogen-bond acceptors (Lipinski definition) is 5. The highest BCUT2D eigenvalue weighted by Gasteiger charge is 2.45. The fraction of sp³-hybridized carbons (Fsp3) is 0.542. The van der Waals surface area contributed by atoms with Gasteiger partial charge in [0.1, 0.15) is 11.7 Å². The normalized spacial score (nSPS) is 23.4. The molecule has 1 aromatic carbocycles. The summed E-state index contributed by atoms with van der Waals surface area (Å²) in [6.45, 7) is 8.48. The number of phenols is 1. The van der Waals surface area contributed by atoms with Gasteiger partial charge in [-0.1, -0.05) is 45.7 Å². The maximum Gasteiger partial charge on any atom is 0.315 e. The molecule has 5 heteroatoms. The van der Waals surface area contributed by atoms with Crippen molar-refractivity contribution in [1.29, 1.82) is 0 Å². The quantitative estimate of drug-likeness (QED) is 0.545. The molecular weight excluding hydrogens is 366 g/mol. The van der Waals surface area contributed by atoms with Crippen molar-refractivity contribution in [3.63, 3.8) is 0 Å². The van der Waals surface area contributed by atoms with Crippen LogP contribution in [0.5, 0.6) is 5.75 Å². The van der Waals surface area contributed by atoms with E-state index in [1.165, 1.54) is 0 Å². The number of carbonyl (C=O) groups excluding carboxylic acids is 2. The molecule has 3 rings (SSSR count). The highest BCUT2D eigenvalue weighted by Crippen LogP contribution is 2.48. The Bertz CT molecular complexity index is 848. The van der Waals surface area contributed by atoms with Gasteiger partial charge in [-0.25, -0.2) is 0 Å². The van der Waals surface area contributed by atoms with Crippen LogP contribution < -0.4 is 0 Å². The topological polar surface area (TPSA) is 76.0 Å². The molecule has 1 aliphatic heterocycles. The fourth-order valence-corrected chi connectivity index (χ4v) is 4.41. The van der Waals surface area contributed by atoms with Gasteiger partial charge in [0.05, 0.1) is 6.61 Å². The van der Waals surface area contributed by atoms with Crippen LogP contribution in [-0.2, 0) is 14.3 Å². The summed E-state index contributed by atoms with van der Waals surface area (Å²) in [6.07, 6.45) is 4.04. The van der Waals surface area contributed by atoms with E-state index in [0.717, 1.165) is 30.5 Å². The average Bonchev–Trinajstić information content (AvgIpc) is 2.63. The summed E-state index contributed by atoms with van der Waals surface area (Å²) in [6, 6.07) is 6.76. The zero-order valence-corrected chi connectivity index (χ0v) is 17.8. The predicted octanol–water partition coefficient (Wildman–Crippen LogP) is 4.94. The van der Waals surface area contributed by atoms with E-state index in [4.69, 9.17) is 9.73 Å². The molecule has 0 spiro atoms. The molecule has 1 aliphatic carbocycles. The third kappa shape index (κ3) is 4.60. The molecular formula is C24H31NO4. The predicted molar refractivity (Wildman–Crippen MR) is 113 cm³/mol. The molecule has 0 saturated heterocycles. The molecule has 1 N–H and O–H groups in total. The van der Waals surface area contributed by atoms with Gasteiger partial charge >= 0.3 is 5.97 Å². The fourth-order valence-electron chi connectivity index (χ4n) is 4.41. The zero-order valence-electron chi connectivity index (χ0n) is 17.8. The number of aliphatic imine (C=N–C) groups is 1. The molecule has 0 fully saturated rings. The van der Waals surface area contributed by atoms with E-state index < -0.39 is 11.8 Å². The highest BCUT2D eigenvalue weighted by molar-refractivity contribution is 6.09. The largest absolute Gasteiger partial charge is 0.508 e. The molecule has 0 radical (unpaired) electrons. The first-order chi connectivity index (χ1) is 13.7. The summed E-state index contributed by atoms with van der Waals surface area (Å²) >= 11 is 0. The summed E-state index contributed by atoms with van der Waals surface area (Å²) in [7, 11) is 0. The first-order valence-electron chi connectivity index (χ1n) is 10.5. The van der Waals surface area contributed by atoms with Crippen LogP contribution in [0.4, 0.5) is 0 Å². The van der Waals surface area contributed by atoms with Gasteiger partial charge in [-0.05, 0) is 42.9 Å². The van der Waals surface area contributed by atoms with Gasteiger partial charge in [-0.2, -0.15) is 0 Å². The molecule has 2 aliphatic rings. The first-order valence-corrected chi connectivity index (χ1v) is 10.5. The summed E-state index contributed by atoms with van der Waals surface area (Å²) in [4.78, 5) is 30.9. The van der Waals surface area contributed by atoms with Crippen molar-refractivity contribution in [3.8, 4) is 5.75 Å². The molecule has 1 aromatic rings. The van der Waals surface area contributed by atoms with Gasteiger partial charge in [0.25, 0.3) is 0 Å². The Labute approximate surface area is 172 Å². The Morgan fingerprint density at radius 3 is 2.55 bits per heavy atom. The average molecular weight is 398 g/mol. The third-order valence-corrected chi connectivity index (χ3v) is 5.80. The van der Waals surface area contributed by atoms with E-state index in [0.29, 0.717) is 30.7 Å². The van der Waals surface area contributed by atoms with Crippen molar-refractivity contribution in [2.24, 2.45) is 16.3 Å². The van der Waals surface area contributed by atoms with Crippen molar-refractivity contribution in [2.75, 3.05) is 6.61 Å². The van der Waals surface area contributed by atoms with Gasteiger partial charge in [-0.15, -0.1) is 0 Å². The summed E-state index contributed by atoms with van der Waals surface area (Å²) in [5, 5.41) is 9.71. The van der Waals surface area contributed by atoms with E-state index in [1.54, 1.807) is 24.3 Å².